The van der Waals surface area contributed by atoms with Crippen LogP contribution in [0.4, 0.5) is 11.4 Å². The Balaban J connectivity index is 2.23. The minimum absolute atomic E-state index is 0.0276. The Morgan fingerprint density at radius 2 is 1.89 bits per heavy atom. The number of methoxy groups -OCH3 is 1. The van der Waals surface area contributed by atoms with Crippen LogP contribution in [-0.4, -0.2) is 30.6 Å². The molecule has 7 heteroatoms. The largest absolute Gasteiger partial charge is 0.545 e. The van der Waals surface area contributed by atoms with Gasteiger partial charge in [-0.3, -0.25) is 4.98 Å². The first-order valence-electron chi connectivity index (χ1n) is 8.27. The summed E-state index contributed by atoms with van der Waals surface area (Å²) in [5.41, 5.74) is 1.36. The molecule has 0 aliphatic rings. The van der Waals surface area contributed by atoms with Gasteiger partial charge in [0.15, 0.2) is 0 Å². The fraction of sp³-hybridized carbons (Fsp3) is 0.150. The van der Waals surface area contributed by atoms with Crippen molar-refractivity contribution in [2.75, 3.05) is 19.0 Å². The summed E-state index contributed by atoms with van der Waals surface area (Å²) >= 11 is 0. The zero-order valence-electron chi connectivity index (χ0n) is 14.8. The molecule has 27 heavy (non-hydrogen) atoms. The van der Waals surface area contributed by atoms with Gasteiger partial charge in [0.2, 0.25) is 0 Å². The molecule has 0 saturated heterocycles. The molecule has 0 amide bonds. The van der Waals surface area contributed by atoms with Crippen molar-refractivity contribution >= 4 is 34.2 Å². The number of carbonyl (C=O) groups is 2. The number of aromatic carboxylic acids is 1. The highest BCUT2D eigenvalue weighted by Crippen LogP contribution is 2.34. The van der Waals surface area contributed by atoms with Gasteiger partial charge < -0.3 is 24.7 Å². The lowest BCUT2D eigenvalue weighted by Crippen LogP contribution is -2.23. The Bertz CT molecular complexity index is 1020. The summed E-state index contributed by atoms with van der Waals surface area (Å²) in [5, 5.41) is 15.1. The maximum absolute atomic E-state index is 12.4. The first-order valence-corrected chi connectivity index (χ1v) is 8.27. The Hall–Kier alpha value is -3.61. The minimum Gasteiger partial charge on any atom is -0.545 e. The molecule has 0 fully saturated rings. The SMILES string of the molecule is CCOC(=O)c1cnc2c(OC)cccc2c1Nc1ccccc1C(=O)[O-]. The van der Waals surface area contributed by atoms with E-state index in [0.717, 1.165) is 0 Å². The molecule has 0 radical (unpaired) electrons. The highest BCUT2D eigenvalue weighted by molar-refractivity contribution is 6.08. The molecule has 1 N–H and O–H groups in total. The van der Waals surface area contributed by atoms with E-state index in [2.05, 4.69) is 10.3 Å². The fourth-order valence-corrected chi connectivity index (χ4v) is 2.76. The summed E-state index contributed by atoms with van der Waals surface area (Å²) in [6.45, 7) is 1.90. The predicted molar refractivity (Wildman–Crippen MR) is 98.3 cm³/mol. The molecule has 3 aromatic rings. The van der Waals surface area contributed by atoms with Crippen molar-refractivity contribution in [1.29, 1.82) is 0 Å². The number of rotatable bonds is 6. The lowest BCUT2D eigenvalue weighted by atomic mass is 10.1. The third-order valence-corrected chi connectivity index (χ3v) is 3.98. The number of pyridine rings is 1. The van der Waals surface area contributed by atoms with Crippen LogP contribution in [0.3, 0.4) is 0 Å². The number of nitrogens with zero attached hydrogens (tertiary/aromatic N) is 1. The van der Waals surface area contributed by atoms with Crippen LogP contribution >= 0.6 is 0 Å². The second-order valence-corrected chi connectivity index (χ2v) is 5.58. The smallest absolute Gasteiger partial charge is 0.341 e. The van der Waals surface area contributed by atoms with Gasteiger partial charge in [0.25, 0.3) is 0 Å². The quantitative estimate of drug-likeness (QED) is 0.670. The van der Waals surface area contributed by atoms with Gasteiger partial charge in [0.1, 0.15) is 16.8 Å². The monoisotopic (exact) mass is 365 g/mol. The van der Waals surface area contributed by atoms with Crippen molar-refractivity contribution in [2.45, 2.75) is 6.92 Å². The number of anilines is 2. The third kappa shape index (κ3) is 3.52. The van der Waals surface area contributed by atoms with E-state index in [9.17, 15) is 14.7 Å². The number of carboxylic acids is 1. The van der Waals surface area contributed by atoms with Crippen molar-refractivity contribution in [3.8, 4) is 5.75 Å². The Morgan fingerprint density at radius 1 is 1.11 bits per heavy atom. The first-order chi connectivity index (χ1) is 13.1. The summed E-state index contributed by atoms with van der Waals surface area (Å²) in [6.07, 6.45) is 1.38. The zero-order chi connectivity index (χ0) is 19.4. The van der Waals surface area contributed by atoms with Crippen LogP contribution in [0.25, 0.3) is 10.9 Å². The van der Waals surface area contributed by atoms with Crippen LogP contribution in [0.2, 0.25) is 0 Å². The number of hydrogen-bond acceptors (Lipinski definition) is 7. The number of aromatic nitrogens is 1. The minimum atomic E-state index is -1.33. The number of nitrogens with one attached hydrogen (secondary N) is 1. The average molecular weight is 365 g/mol. The topological polar surface area (TPSA) is 101 Å². The molecule has 0 atom stereocenters. The lowest BCUT2D eigenvalue weighted by Gasteiger charge is -2.17. The molecule has 138 valence electrons. The standard InChI is InChI=1S/C20H18N2O5/c1-3-27-20(25)14-11-21-18-13(8-6-10-16(18)26-2)17(14)22-15-9-5-4-7-12(15)19(23)24/h4-11H,3H2,1-2H3,(H,21,22)(H,23,24)/p-1. The average Bonchev–Trinajstić information content (AvgIpc) is 2.68. The second kappa shape index (κ2) is 7.74. The van der Waals surface area contributed by atoms with Crippen molar-refractivity contribution in [3.05, 3.63) is 59.8 Å². The molecule has 0 bridgehead atoms. The van der Waals surface area contributed by atoms with E-state index in [1.807, 2.05) is 0 Å². The van der Waals surface area contributed by atoms with Gasteiger partial charge in [0, 0.05) is 22.8 Å². The van der Waals surface area contributed by atoms with Crippen LogP contribution < -0.4 is 15.2 Å². The summed E-state index contributed by atoms with van der Waals surface area (Å²) in [5.74, 6) is -1.37. The molecule has 2 aromatic carbocycles. The second-order valence-electron chi connectivity index (χ2n) is 5.58. The summed E-state index contributed by atoms with van der Waals surface area (Å²) in [7, 11) is 1.52. The molecule has 0 aliphatic carbocycles. The summed E-state index contributed by atoms with van der Waals surface area (Å²) in [4.78, 5) is 28.2. The van der Waals surface area contributed by atoms with E-state index < -0.39 is 11.9 Å². The number of benzene rings is 2. The normalized spacial score (nSPS) is 10.4. The van der Waals surface area contributed by atoms with Crippen LogP contribution in [-0.2, 0) is 4.74 Å². The number of fused-ring (bicyclic) bond motifs is 1. The number of carbonyl (C=O) groups excluding carboxylic acids is 2. The lowest BCUT2D eigenvalue weighted by molar-refractivity contribution is -0.254. The number of esters is 1. The van der Waals surface area contributed by atoms with Gasteiger partial charge in [0.05, 0.1) is 25.4 Å². The van der Waals surface area contributed by atoms with Gasteiger partial charge >= 0.3 is 5.97 Å². The van der Waals surface area contributed by atoms with Crippen molar-refractivity contribution in [3.63, 3.8) is 0 Å². The molecular formula is C20H17N2O5-. The highest BCUT2D eigenvalue weighted by Gasteiger charge is 2.19. The molecule has 1 heterocycles. The number of carboxylic acid groups (broad SMARTS) is 1. The van der Waals surface area contributed by atoms with E-state index in [-0.39, 0.29) is 17.7 Å². The molecule has 3 rings (SSSR count). The van der Waals surface area contributed by atoms with Crippen LogP contribution in [0, 0.1) is 0 Å². The molecule has 0 aliphatic heterocycles. The molecule has 0 unspecified atom stereocenters. The Kier molecular flexibility index (Phi) is 5.21. The van der Waals surface area contributed by atoms with Crippen molar-refractivity contribution < 1.29 is 24.2 Å². The van der Waals surface area contributed by atoms with Gasteiger partial charge in [-0.1, -0.05) is 30.3 Å². The van der Waals surface area contributed by atoms with E-state index in [4.69, 9.17) is 9.47 Å². The number of para-hydroxylation sites is 2. The highest BCUT2D eigenvalue weighted by atomic mass is 16.5. The van der Waals surface area contributed by atoms with Crippen LogP contribution in [0.5, 0.6) is 5.75 Å². The Morgan fingerprint density at radius 3 is 2.59 bits per heavy atom. The molecule has 0 spiro atoms. The number of hydrogen-bond donors (Lipinski definition) is 1. The van der Waals surface area contributed by atoms with E-state index in [0.29, 0.717) is 28.0 Å². The van der Waals surface area contributed by atoms with Gasteiger partial charge in [-0.15, -0.1) is 0 Å². The molecular weight excluding hydrogens is 348 g/mol. The predicted octanol–water partition coefficient (Wildman–Crippen LogP) is 2.53. The first kappa shape index (κ1) is 18.2. The summed E-state index contributed by atoms with van der Waals surface area (Å²) in [6, 6.07) is 11.6. The van der Waals surface area contributed by atoms with Crippen molar-refractivity contribution in [1.82, 2.24) is 4.98 Å². The fourth-order valence-electron chi connectivity index (χ4n) is 2.76. The molecule has 7 nitrogen and oxygen atoms in total. The van der Waals surface area contributed by atoms with Gasteiger partial charge in [-0.2, -0.15) is 0 Å². The maximum Gasteiger partial charge on any atom is 0.341 e. The third-order valence-electron chi connectivity index (χ3n) is 3.98. The van der Waals surface area contributed by atoms with Gasteiger partial charge in [-0.05, 0) is 19.1 Å². The van der Waals surface area contributed by atoms with E-state index in [1.165, 1.54) is 19.4 Å². The van der Waals surface area contributed by atoms with Crippen LogP contribution in [0.1, 0.15) is 27.6 Å². The molecule has 1 aromatic heterocycles. The number of ether oxygens (including phenoxy) is 2. The van der Waals surface area contributed by atoms with Gasteiger partial charge in [-0.25, -0.2) is 4.79 Å². The summed E-state index contributed by atoms with van der Waals surface area (Å²) < 4.78 is 10.4. The molecule has 0 saturated carbocycles. The van der Waals surface area contributed by atoms with Crippen molar-refractivity contribution in [2.24, 2.45) is 0 Å². The maximum atomic E-state index is 12.4. The van der Waals surface area contributed by atoms with Crippen LogP contribution in [0.15, 0.2) is 48.7 Å². The van der Waals surface area contributed by atoms with E-state index >= 15 is 0 Å². The van der Waals surface area contributed by atoms with E-state index in [1.54, 1.807) is 43.3 Å². The Labute approximate surface area is 155 Å². The zero-order valence-corrected chi connectivity index (χ0v) is 14.8.